The number of aliphatic hydroxyl groups is 2. The van der Waals surface area contributed by atoms with Crippen LogP contribution < -0.4 is 0 Å². The SMILES string of the molecule is COCC(O)CN(C)C(=O)c1cc(C#CCO)ccc1F. The van der Waals surface area contributed by atoms with Crippen molar-refractivity contribution in [3.8, 4) is 11.8 Å². The maximum atomic E-state index is 13.8. The second kappa shape index (κ2) is 8.37. The summed E-state index contributed by atoms with van der Waals surface area (Å²) in [6, 6.07) is 3.89. The second-order valence-corrected chi connectivity index (χ2v) is 4.45. The molecule has 6 heteroatoms. The van der Waals surface area contributed by atoms with E-state index in [-0.39, 0.29) is 25.3 Å². The summed E-state index contributed by atoms with van der Waals surface area (Å²) in [5, 5.41) is 18.2. The van der Waals surface area contributed by atoms with Crippen molar-refractivity contribution >= 4 is 5.91 Å². The monoisotopic (exact) mass is 295 g/mol. The van der Waals surface area contributed by atoms with E-state index in [0.29, 0.717) is 5.56 Å². The molecule has 1 amide bonds. The number of carbonyl (C=O) groups is 1. The van der Waals surface area contributed by atoms with Crippen molar-refractivity contribution in [2.75, 3.05) is 33.9 Å². The first kappa shape index (κ1) is 17.1. The molecule has 0 fully saturated rings. The highest BCUT2D eigenvalue weighted by Gasteiger charge is 2.19. The quantitative estimate of drug-likeness (QED) is 0.764. The van der Waals surface area contributed by atoms with Gasteiger partial charge in [0.2, 0.25) is 0 Å². The van der Waals surface area contributed by atoms with Crippen molar-refractivity contribution < 1.29 is 24.1 Å². The molecule has 5 nitrogen and oxygen atoms in total. The van der Waals surface area contributed by atoms with Gasteiger partial charge in [0.1, 0.15) is 12.4 Å². The van der Waals surface area contributed by atoms with E-state index in [1.807, 2.05) is 0 Å². The molecule has 0 heterocycles. The molecular formula is C15H18FNO4. The largest absolute Gasteiger partial charge is 0.389 e. The summed E-state index contributed by atoms with van der Waals surface area (Å²) in [5.41, 5.74) is 0.298. The van der Waals surface area contributed by atoms with E-state index in [2.05, 4.69) is 11.8 Å². The van der Waals surface area contributed by atoms with Crippen LogP contribution in [0.3, 0.4) is 0 Å². The molecule has 0 aromatic heterocycles. The molecule has 114 valence electrons. The molecule has 1 aromatic carbocycles. The molecule has 21 heavy (non-hydrogen) atoms. The number of nitrogens with zero attached hydrogens (tertiary/aromatic N) is 1. The Kier molecular flexibility index (Phi) is 6.82. The van der Waals surface area contributed by atoms with Gasteiger partial charge in [0.15, 0.2) is 0 Å². The van der Waals surface area contributed by atoms with Crippen LogP contribution in [0.15, 0.2) is 18.2 Å². The molecule has 1 atom stereocenters. The van der Waals surface area contributed by atoms with Crippen LogP contribution in [-0.4, -0.2) is 61.0 Å². The number of aliphatic hydroxyl groups excluding tert-OH is 2. The predicted molar refractivity (Wildman–Crippen MR) is 75.2 cm³/mol. The molecule has 0 aliphatic heterocycles. The summed E-state index contributed by atoms with van der Waals surface area (Å²) < 4.78 is 18.5. The van der Waals surface area contributed by atoms with Gasteiger partial charge < -0.3 is 19.8 Å². The van der Waals surface area contributed by atoms with E-state index in [9.17, 15) is 14.3 Å². The van der Waals surface area contributed by atoms with Gasteiger partial charge in [0.25, 0.3) is 5.91 Å². The fourth-order valence-corrected chi connectivity index (χ4v) is 1.76. The minimum atomic E-state index is -0.843. The minimum Gasteiger partial charge on any atom is -0.389 e. The molecule has 1 rings (SSSR count). The molecule has 0 radical (unpaired) electrons. The number of benzene rings is 1. The zero-order chi connectivity index (χ0) is 15.8. The van der Waals surface area contributed by atoms with Gasteiger partial charge in [-0.1, -0.05) is 11.8 Å². The lowest BCUT2D eigenvalue weighted by atomic mass is 10.1. The van der Waals surface area contributed by atoms with E-state index in [1.165, 1.54) is 31.2 Å². The number of amides is 1. The fraction of sp³-hybridized carbons (Fsp3) is 0.400. The Labute approximate surface area is 123 Å². The minimum absolute atomic E-state index is 0.0264. The van der Waals surface area contributed by atoms with Crippen molar-refractivity contribution in [3.63, 3.8) is 0 Å². The van der Waals surface area contributed by atoms with Crippen molar-refractivity contribution in [1.29, 1.82) is 0 Å². The van der Waals surface area contributed by atoms with Crippen molar-refractivity contribution in [2.45, 2.75) is 6.10 Å². The van der Waals surface area contributed by atoms with Crippen molar-refractivity contribution in [3.05, 3.63) is 35.1 Å². The smallest absolute Gasteiger partial charge is 0.256 e. The lowest BCUT2D eigenvalue weighted by Crippen LogP contribution is -2.36. The van der Waals surface area contributed by atoms with E-state index >= 15 is 0 Å². The van der Waals surface area contributed by atoms with E-state index < -0.39 is 17.8 Å². The average molecular weight is 295 g/mol. The van der Waals surface area contributed by atoms with Gasteiger partial charge in [-0.25, -0.2) is 4.39 Å². The lowest BCUT2D eigenvalue weighted by molar-refractivity contribution is 0.0378. The third-order valence-corrected chi connectivity index (χ3v) is 2.70. The molecule has 1 aromatic rings. The zero-order valence-electron chi connectivity index (χ0n) is 12.0. The predicted octanol–water partition coefficient (Wildman–Crippen LogP) is 0.249. The standard InChI is InChI=1S/C15H18FNO4/c1-17(9-12(19)10-21-2)15(20)13-8-11(4-3-7-18)5-6-14(13)16/h5-6,8,12,18-19H,7,9-10H2,1-2H3. The van der Waals surface area contributed by atoms with Gasteiger partial charge in [-0.2, -0.15) is 0 Å². The number of halogens is 1. The molecule has 0 saturated carbocycles. The van der Waals surface area contributed by atoms with Crippen molar-refractivity contribution in [2.24, 2.45) is 0 Å². The number of methoxy groups -OCH3 is 1. The Morgan fingerprint density at radius 2 is 2.24 bits per heavy atom. The van der Waals surface area contributed by atoms with Gasteiger partial charge in [-0.15, -0.1) is 0 Å². The maximum Gasteiger partial charge on any atom is 0.256 e. The molecule has 1 unspecified atom stereocenters. The Hall–Kier alpha value is -1.94. The third kappa shape index (κ3) is 5.16. The number of likely N-dealkylation sites (N-methyl/N-ethyl adjacent to an activating group) is 1. The van der Waals surface area contributed by atoms with Crippen LogP contribution in [0.2, 0.25) is 0 Å². The number of carbonyl (C=O) groups excluding carboxylic acids is 1. The van der Waals surface area contributed by atoms with Crippen LogP contribution in [0.5, 0.6) is 0 Å². The lowest BCUT2D eigenvalue weighted by Gasteiger charge is -2.20. The van der Waals surface area contributed by atoms with Crippen LogP contribution >= 0.6 is 0 Å². The summed E-state index contributed by atoms with van der Waals surface area (Å²) in [6.07, 6.45) is -0.843. The molecule has 0 aliphatic rings. The molecule has 0 spiro atoms. The topological polar surface area (TPSA) is 70.0 Å². The number of rotatable bonds is 5. The van der Waals surface area contributed by atoms with Gasteiger partial charge in [0.05, 0.1) is 18.3 Å². The van der Waals surface area contributed by atoms with Gasteiger partial charge in [-0.3, -0.25) is 4.79 Å². The zero-order valence-corrected chi connectivity index (χ0v) is 12.0. The van der Waals surface area contributed by atoms with Gasteiger partial charge in [0, 0.05) is 26.3 Å². The van der Waals surface area contributed by atoms with E-state index in [1.54, 1.807) is 0 Å². The summed E-state index contributed by atoms with van der Waals surface area (Å²) in [5.74, 6) is 3.82. The summed E-state index contributed by atoms with van der Waals surface area (Å²) in [7, 11) is 2.90. The van der Waals surface area contributed by atoms with Gasteiger partial charge >= 0.3 is 0 Å². The Balaban J connectivity index is 2.90. The molecule has 0 aliphatic carbocycles. The van der Waals surface area contributed by atoms with Crippen LogP contribution in [0.4, 0.5) is 4.39 Å². The van der Waals surface area contributed by atoms with E-state index in [4.69, 9.17) is 9.84 Å². The third-order valence-electron chi connectivity index (χ3n) is 2.70. The highest BCUT2D eigenvalue weighted by Crippen LogP contribution is 2.12. The first-order valence-corrected chi connectivity index (χ1v) is 6.31. The fourth-order valence-electron chi connectivity index (χ4n) is 1.76. The average Bonchev–Trinajstić information content (AvgIpc) is 2.45. The highest BCUT2D eigenvalue weighted by atomic mass is 19.1. The Bertz CT molecular complexity index is 550. The second-order valence-electron chi connectivity index (χ2n) is 4.45. The summed E-state index contributed by atoms with van der Waals surface area (Å²) >= 11 is 0. The Morgan fingerprint density at radius 3 is 2.86 bits per heavy atom. The molecular weight excluding hydrogens is 277 g/mol. The number of ether oxygens (including phenoxy) is 1. The summed E-state index contributed by atoms with van der Waals surface area (Å²) in [6.45, 7) is -0.204. The first-order valence-electron chi connectivity index (χ1n) is 6.31. The normalized spacial score (nSPS) is 11.5. The van der Waals surface area contributed by atoms with Crippen LogP contribution in [0.25, 0.3) is 0 Å². The van der Waals surface area contributed by atoms with Crippen LogP contribution in [0, 0.1) is 17.7 Å². The molecule has 2 N–H and O–H groups in total. The van der Waals surface area contributed by atoms with E-state index in [0.717, 1.165) is 6.07 Å². The van der Waals surface area contributed by atoms with Crippen LogP contribution in [-0.2, 0) is 4.74 Å². The maximum absolute atomic E-state index is 13.8. The Morgan fingerprint density at radius 1 is 1.52 bits per heavy atom. The number of hydrogen-bond acceptors (Lipinski definition) is 4. The highest BCUT2D eigenvalue weighted by molar-refractivity contribution is 5.94. The first-order chi connectivity index (χ1) is 9.99. The summed E-state index contributed by atoms with van der Waals surface area (Å²) in [4.78, 5) is 13.4. The van der Waals surface area contributed by atoms with Gasteiger partial charge in [-0.05, 0) is 18.2 Å². The van der Waals surface area contributed by atoms with Crippen LogP contribution in [0.1, 0.15) is 15.9 Å². The molecule has 0 bridgehead atoms. The van der Waals surface area contributed by atoms with Crippen molar-refractivity contribution in [1.82, 2.24) is 4.90 Å². The molecule has 0 saturated heterocycles. The number of hydrogen-bond donors (Lipinski definition) is 2.